The molecule has 0 aliphatic carbocycles. The fourth-order valence-corrected chi connectivity index (χ4v) is 4.59. The summed E-state index contributed by atoms with van der Waals surface area (Å²) in [5.41, 5.74) is 1.20. The van der Waals surface area contributed by atoms with Crippen LogP contribution >= 0.6 is 11.8 Å². The summed E-state index contributed by atoms with van der Waals surface area (Å²) < 4.78 is 1.90. The number of thioether (sulfide) groups is 1. The molecule has 116 valence electrons. The zero-order valence-corrected chi connectivity index (χ0v) is 13.1. The molecule has 6 heteroatoms. The average Bonchev–Trinajstić information content (AvgIpc) is 3.19. The molecule has 21 heavy (non-hydrogen) atoms. The molecule has 0 saturated carbocycles. The number of hydrogen-bond acceptors (Lipinski definition) is 4. The smallest absolute Gasteiger partial charge is 0.235 e. The van der Waals surface area contributed by atoms with Crippen LogP contribution in [0, 0.1) is 0 Å². The third kappa shape index (κ3) is 3.26. The van der Waals surface area contributed by atoms with Gasteiger partial charge >= 0.3 is 0 Å². The van der Waals surface area contributed by atoms with Crippen molar-refractivity contribution in [1.82, 2.24) is 14.7 Å². The standard InChI is InChI=1S/C15H23N3O2S/c19-10-9-18-13(3-6-16-18)12-4-7-17(8-5-12)15(20)14-2-1-11-21-14/h3,6,12,14,19H,1-2,4-5,7-11H2. The summed E-state index contributed by atoms with van der Waals surface area (Å²) in [5, 5.41) is 13.6. The molecule has 1 aromatic rings. The molecule has 2 saturated heterocycles. The van der Waals surface area contributed by atoms with Gasteiger partial charge in [0, 0.05) is 30.9 Å². The number of nitrogens with zero attached hydrogens (tertiary/aromatic N) is 3. The monoisotopic (exact) mass is 309 g/mol. The Morgan fingerprint density at radius 3 is 2.86 bits per heavy atom. The Balaban J connectivity index is 1.57. The highest BCUT2D eigenvalue weighted by Gasteiger charge is 2.31. The molecule has 1 atom stereocenters. The maximum Gasteiger partial charge on any atom is 0.235 e. The first-order valence-corrected chi connectivity index (χ1v) is 8.87. The van der Waals surface area contributed by atoms with Gasteiger partial charge in [-0.25, -0.2) is 0 Å². The van der Waals surface area contributed by atoms with Gasteiger partial charge in [-0.3, -0.25) is 9.48 Å². The van der Waals surface area contributed by atoms with Gasteiger partial charge in [-0.1, -0.05) is 0 Å². The topological polar surface area (TPSA) is 58.4 Å². The van der Waals surface area contributed by atoms with Crippen molar-refractivity contribution >= 4 is 17.7 Å². The zero-order valence-electron chi connectivity index (χ0n) is 12.3. The highest BCUT2D eigenvalue weighted by molar-refractivity contribution is 8.00. The lowest BCUT2D eigenvalue weighted by Gasteiger charge is -2.33. The Morgan fingerprint density at radius 2 is 2.19 bits per heavy atom. The van der Waals surface area contributed by atoms with E-state index in [1.807, 2.05) is 27.4 Å². The number of carbonyl (C=O) groups is 1. The van der Waals surface area contributed by atoms with Gasteiger partial charge in [-0.15, -0.1) is 11.8 Å². The fraction of sp³-hybridized carbons (Fsp3) is 0.733. The quantitative estimate of drug-likeness (QED) is 0.915. The van der Waals surface area contributed by atoms with Crippen LogP contribution in [0.2, 0.25) is 0 Å². The lowest BCUT2D eigenvalue weighted by molar-refractivity contribution is -0.131. The van der Waals surface area contributed by atoms with E-state index in [4.69, 9.17) is 5.11 Å². The molecule has 3 heterocycles. The molecular weight excluding hydrogens is 286 g/mol. The van der Waals surface area contributed by atoms with Crippen LogP contribution in [-0.2, 0) is 11.3 Å². The van der Waals surface area contributed by atoms with Crippen LogP contribution in [0.15, 0.2) is 12.3 Å². The second-order valence-electron chi connectivity index (χ2n) is 5.80. The second kappa shape index (κ2) is 6.83. The van der Waals surface area contributed by atoms with E-state index in [-0.39, 0.29) is 11.9 Å². The first kappa shape index (κ1) is 14.9. The van der Waals surface area contributed by atoms with Crippen LogP contribution in [-0.4, -0.2) is 56.4 Å². The van der Waals surface area contributed by atoms with Crippen molar-refractivity contribution < 1.29 is 9.90 Å². The SMILES string of the molecule is O=C(C1CCCS1)N1CCC(c2ccnn2CCO)CC1. The summed E-state index contributed by atoms with van der Waals surface area (Å²) in [6, 6.07) is 2.05. The van der Waals surface area contributed by atoms with Crippen LogP contribution in [0.3, 0.4) is 0 Å². The van der Waals surface area contributed by atoms with Crippen LogP contribution in [0.5, 0.6) is 0 Å². The summed E-state index contributed by atoms with van der Waals surface area (Å²) in [4.78, 5) is 14.5. The molecule has 1 N–H and O–H groups in total. The average molecular weight is 309 g/mol. The Morgan fingerprint density at radius 1 is 1.38 bits per heavy atom. The van der Waals surface area contributed by atoms with Crippen molar-refractivity contribution in [2.75, 3.05) is 25.4 Å². The van der Waals surface area contributed by atoms with Gasteiger partial charge in [0.1, 0.15) is 0 Å². The van der Waals surface area contributed by atoms with E-state index in [1.165, 1.54) is 12.1 Å². The maximum atomic E-state index is 12.4. The van der Waals surface area contributed by atoms with Crippen LogP contribution in [0.4, 0.5) is 0 Å². The first-order chi connectivity index (χ1) is 10.3. The fourth-order valence-electron chi connectivity index (χ4n) is 3.34. The van der Waals surface area contributed by atoms with E-state index in [1.54, 1.807) is 6.20 Å². The molecule has 1 aromatic heterocycles. The summed E-state index contributed by atoms with van der Waals surface area (Å²) >= 11 is 1.82. The number of likely N-dealkylation sites (tertiary alicyclic amines) is 1. The van der Waals surface area contributed by atoms with E-state index in [2.05, 4.69) is 5.10 Å². The van der Waals surface area contributed by atoms with E-state index < -0.39 is 0 Å². The lowest BCUT2D eigenvalue weighted by Crippen LogP contribution is -2.42. The van der Waals surface area contributed by atoms with Gasteiger partial charge in [0.15, 0.2) is 0 Å². The molecular formula is C15H23N3O2S. The van der Waals surface area contributed by atoms with Crippen molar-refractivity contribution in [3.8, 4) is 0 Å². The highest BCUT2D eigenvalue weighted by atomic mass is 32.2. The number of piperidine rings is 1. The molecule has 0 radical (unpaired) electrons. The number of hydrogen-bond donors (Lipinski definition) is 1. The number of aromatic nitrogens is 2. The van der Waals surface area contributed by atoms with Crippen molar-refractivity contribution in [2.24, 2.45) is 0 Å². The first-order valence-electron chi connectivity index (χ1n) is 7.82. The van der Waals surface area contributed by atoms with Crippen molar-refractivity contribution in [3.05, 3.63) is 18.0 Å². The molecule has 1 unspecified atom stereocenters. The predicted molar refractivity (Wildman–Crippen MR) is 83.3 cm³/mol. The van der Waals surface area contributed by atoms with Crippen molar-refractivity contribution in [1.29, 1.82) is 0 Å². The normalized spacial score (nSPS) is 23.7. The molecule has 1 amide bonds. The number of amides is 1. The van der Waals surface area contributed by atoms with Crippen LogP contribution in [0.1, 0.15) is 37.3 Å². The minimum absolute atomic E-state index is 0.116. The second-order valence-corrected chi connectivity index (χ2v) is 7.11. The molecule has 2 aliphatic rings. The molecule has 0 spiro atoms. The number of aliphatic hydroxyl groups is 1. The van der Waals surface area contributed by atoms with E-state index >= 15 is 0 Å². The van der Waals surface area contributed by atoms with Gasteiger partial charge in [0.05, 0.1) is 18.4 Å². The Labute approximate surface area is 129 Å². The predicted octanol–water partition coefficient (Wildman–Crippen LogP) is 1.48. The Bertz CT molecular complexity index is 477. The van der Waals surface area contributed by atoms with Gasteiger partial charge in [0.2, 0.25) is 5.91 Å². The van der Waals surface area contributed by atoms with Gasteiger partial charge < -0.3 is 10.0 Å². The molecule has 2 aliphatic heterocycles. The Hall–Kier alpha value is -1.01. The lowest BCUT2D eigenvalue weighted by atomic mass is 9.93. The number of rotatable bonds is 4. The molecule has 2 fully saturated rings. The largest absolute Gasteiger partial charge is 0.394 e. The minimum Gasteiger partial charge on any atom is -0.394 e. The summed E-state index contributed by atoms with van der Waals surface area (Å²) in [6.45, 7) is 2.38. The molecule has 3 rings (SSSR count). The molecule has 5 nitrogen and oxygen atoms in total. The van der Waals surface area contributed by atoms with E-state index in [9.17, 15) is 4.79 Å². The maximum absolute atomic E-state index is 12.4. The van der Waals surface area contributed by atoms with E-state index in [0.29, 0.717) is 18.4 Å². The summed E-state index contributed by atoms with van der Waals surface area (Å²) in [5.74, 6) is 1.94. The van der Waals surface area contributed by atoms with Crippen LogP contribution in [0.25, 0.3) is 0 Å². The van der Waals surface area contributed by atoms with Crippen LogP contribution < -0.4 is 0 Å². The summed E-state index contributed by atoms with van der Waals surface area (Å²) in [7, 11) is 0. The third-order valence-electron chi connectivity index (χ3n) is 4.49. The van der Waals surface area contributed by atoms with Gasteiger partial charge in [-0.05, 0) is 37.5 Å². The Kier molecular flexibility index (Phi) is 4.85. The molecule has 0 bridgehead atoms. The van der Waals surface area contributed by atoms with Gasteiger partial charge in [0.25, 0.3) is 0 Å². The summed E-state index contributed by atoms with van der Waals surface area (Å²) in [6.07, 6.45) is 6.03. The van der Waals surface area contributed by atoms with E-state index in [0.717, 1.165) is 38.1 Å². The number of aliphatic hydroxyl groups excluding tert-OH is 1. The highest BCUT2D eigenvalue weighted by Crippen LogP contribution is 2.32. The van der Waals surface area contributed by atoms with Crippen molar-refractivity contribution in [2.45, 2.75) is 43.4 Å². The third-order valence-corrected chi connectivity index (χ3v) is 5.86. The molecule has 0 aromatic carbocycles. The van der Waals surface area contributed by atoms with Crippen molar-refractivity contribution in [3.63, 3.8) is 0 Å². The minimum atomic E-state index is 0.116. The zero-order chi connectivity index (χ0) is 14.7. The van der Waals surface area contributed by atoms with Gasteiger partial charge in [-0.2, -0.15) is 5.10 Å². The number of carbonyl (C=O) groups excluding carboxylic acids is 1.